The highest BCUT2D eigenvalue weighted by molar-refractivity contribution is 5.94. The minimum absolute atomic E-state index is 0.0257. The van der Waals surface area contributed by atoms with Crippen LogP contribution in [0.2, 0.25) is 0 Å². The van der Waals surface area contributed by atoms with Crippen molar-refractivity contribution in [3.05, 3.63) is 42.2 Å². The second kappa shape index (κ2) is 4.65. The molecule has 0 fully saturated rings. The van der Waals surface area contributed by atoms with Crippen LogP contribution < -0.4 is 0 Å². The lowest BCUT2D eigenvalue weighted by Crippen LogP contribution is -2.26. The molecule has 0 atom stereocenters. The monoisotopic (exact) mass is 232 g/mol. The molecule has 2 rings (SSSR count). The van der Waals surface area contributed by atoms with E-state index >= 15 is 0 Å². The summed E-state index contributed by atoms with van der Waals surface area (Å²) >= 11 is 0. The van der Waals surface area contributed by atoms with Gasteiger partial charge < -0.3 is 15.0 Å². The van der Waals surface area contributed by atoms with Crippen molar-refractivity contribution < 1.29 is 9.90 Å². The largest absolute Gasteiger partial charge is 0.506 e. The van der Waals surface area contributed by atoms with Crippen molar-refractivity contribution in [2.75, 3.05) is 7.05 Å². The Balaban J connectivity index is 2.09. The van der Waals surface area contributed by atoms with Crippen LogP contribution in [0.15, 0.2) is 30.9 Å². The molecule has 0 spiro atoms. The number of imidazole rings is 1. The van der Waals surface area contributed by atoms with E-state index in [-0.39, 0.29) is 11.7 Å². The molecule has 0 aromatic carbocycles. The number of hydrogen-bond acceptors (Lipinski definition) is 4. The molecular formula is C11H12N4O2. The zero-order valence-electron chi connectivity index (χ0n) is 9.29. The summed E-state index contributed by atoms with van der Waals surface area (Å²) in [4.78, 5) is 24.2. The van der Waals surface area contributed by atoms with Crippen LogP contribution >= 0.6 is 0 Å². The predicted molar refractivity (Wildman–Crippen MR) is 60.3 cm³/mol. The minimum Gasteiger partial charge on any atom is -0.506 e. The number of aromatic amines is 1. The summed E-state index contributed by atoms with van der Waals surface area (Å²) in [5.41, 5.74) is 0.346. The van der Waals surface area contributed by atoms with Gasteiger partial charge in [0, 0.05) is 25.6 Å². The van der Waals surface area contributed by atoms with Gasteiger partial charge in [-0.15, -0.1) is 0 Å². The molecular weight excluding hydrogens is 220 g/mol. The van der Waals surface area contributed by atoms with Gasteiger partial charge in [-0.25, -0.2) is 4.98 Å². The van der Waals surface area contributed by atoms with E-state index in [0.717, 1.165) is 0 Å². The first-order chi connectivity index (χ1) is 8.16. The Morgan fingerprint density at radius 3 is 3.00 bits per heavy atom. The minimum atomic E-state index is -0.218. The van der Waals surface area contributed by atoms with E-state index in [2.05, 4.69) is 15.0 Å². The van der Waals surface area contributed by atoms with Crippen LogP contribution in [0, 0.1) is 0 Å². The molecule has 0 saturated heterocycles. The van der Waals surface area contributed by atoms with E-state index < -0.39 is 0 Å². The predicted octanol–water partition coefficient (Wildman–Crippen LogP) is 0.782. The van der Waals surface area contributed by atoms with E-state index in [4.69, 9.17) is 0 Å². The molecule has 0 aliphatic heterocycles. The number of nitrogens with zero attached hydrogens (tertiary/aromatic N) is 3. The summed E-state index contributed by atoms with van der Waals surface area (Å²) in [6, 6.07) is 1.38. The van der Waals surface area contributed by atoms with Crippen molar-refractivity contribution in [1.82, 2.24) is 19.9 Å². The molecule has 2 aromatic heterocycles. The molecule has 0 unspecified atom stereocenters. The third-order valence-electron chi connectivity index (χ3n) is 2.26. The number of carbonyl (C=O) groups is 1. The fourth-order valence-corrected chi connectivity index (χ4v) is 1.45. The van der Waals surface area contributed by atoms with Crippen molar-refractivity contribution in [2.24, 2.45) is 0 Å². The Morgan fingerprint density at radius 1 is 1.53 bits per heavy atom. The molecule has 0 radical (unpaired) electrons. The van der Waals surface area contributed by atoms with E-state index in [1.54, 1.807) is 19.4 Å². The average molecular weight is 232 g/mol. The second-order valence-corrected chi connectivity index (χ2v) is 3.63. The van der Waals surface area contributed by atoms with Gasteiger partial charge in [0.15, 0.2) is 0 Å². The number of nitrogens with one attached hydrogen (secondary N) is 1. The average Bonchev–Trinajstić information content (AvgIpc) is 2.80. The fraction of sp³-hybridized carbons (Fsp3) is 0.182. The van der Waals surface area contributed by atoms with Gasteiger partial charge in [-0.1, -0.05) is 0 Å². The Morgan fingerprint density at radius 2 is 2.35 bits per heavy atom. The zero-order chi connectivity index (χ0) is 12.3. The number of aromatic hydroxyl groups is 1. The molecule has 17 heavy (non-hydrogen) atoms. The number of rotatable bonds is 3. The SMILES string of the molecule is CN(Cc1ncc[nH]1)C(=O)c1cncc(O)c1. The normalized spacial score (nSPS) is 10.2. The summed E-state index contributed by atoms with van der Waals surface area (Å²) in [7, 11) is 1.66. The summed E-state index contributed by atoms with van der Waals surface area (Å²) in [6.07, 6.45) is 6.02. The Bertz CT molecular complexity index is 510. The highest BCUT2D eigenvalue weighted by Crippen LogP contribution is 2.11. The molecule has 88 valence electrons. The van der Waals surface area contributed by atoms with Crippen LogP contribution in [0.3, 0.4) is 0 Å². The molecule has 1 amide bonds. The molecule has 0 saturated carbocycles. The van der Waals surface area contributed by atoms with Gasteiger partial charge in [0.2, 0.25) is 0 Å². The van der Waals surface area contributed by atoms with E-state index in [1.807, 2.05) is 0 Å². The van der Waals surface area contributed by atoms with Crippen LogP contribution in [-0.4, -0.2) is 37.9 Å². The number of amides is 1. The second-order valence-electron chi connectivity index (χ2n) is 3.63. The summed E-state index contributed by atoms with van der Waals surface area (Å²) in [6.45, 7) is 0.376. The molecule has 0 bridgehead atoms. The summed E-state index contributed by atoms with van der Waals surface area (Å²) < 4.78 is 0. The molecule has 0 aliphatic carbocycles. The van der Waals surface area contributed by atoms with Gasteiger partial charge in [-0.3, -0.25) is 9.78 Å². The highest BCUT2D eigenvalue weighted by Gasteiger charge is 2.13. The molecule has 2 N–H and O–H groups in total. The smallest absolute Gasteiger partial charge is 0.255 e. The van der Waals surface area contributed by atoms with Crippen molar-refractivity contribution in [1.29, 1.82) is 0 Å². The van der Waals surface area contributed by atoms with E-state index in [0.29, 0.717) is 17.9 Å². The number of aromatic nitrogens is 3. The Kier molecular flexibility index (Phi) is 3.04. The molecule has 6 heteroatoms. The van der Waals surface area contributed by atoms with Gasteiger partial charge in [-0.05, 0) is 6.07 Å². The fourth-order valence-electron chi connectivity index (χ4n) is 1.45. The third-order valence-corrected chi connectivity index (χ3v) is 2.26. The Labute approximate surface area is 97.9 Å². The maximum Gasteiger partial charge on any atom is 0.255 e. The van der Waals surface area contributed by atoms with E-state index in [9.17, 15) is 9.90 Å². The zero-order valence-corrected chi connectivity index (χ0v) is 9.29. The van der Waals surface area contributed by atoms with Crippen LogP contribution in [0.5, 0.6) is 5.75 Å². The lowest BCUT2D eigenvalue weighted by Gasteiger charge is -2.15. The molecule has 0 aliphatic rings. The first kappa shape index (κ1) is 11.1. The van der Waals surface area contributed by atoms with Crippen molar-refractivity contribution in [3.63, 3.8) is 0 Å². The van der Waals surface area contributed by atoms with Crippen LogP contribution in [0.4, 0.5) is 0 Å². The number of hydrogen-bond donors (Lipinski definition) is 2. The van der Waals surface area contributed by atoms with Gasteiger partial charge in [0.1, 0.15) is 11.6 Å². The Hall–Kier alpha value is -2.37. The quantitative estimate of drug-likeness (QED) is 0.819. The summed E-state index contributed by atoms with van der Waals surface area (Å²) in [5.74, 6) is 0.459. The maximum absolute atomic E-state index is 12.0. The third kappa shape index (κ3) is 2.60. The van der Waals surface area contributed by atoms with E-state index in [1.165, 1.54) is 23.4 Å². The first-order valence-corrected chi connectivity index (χ1v) is 5.04. The van der Waals surface area contributed by atoms with Crippen LogP contribution in [0.1, 0.15) is 16.2 Å². The standard InChI is InChI=1S/C11H12N4O2/c1-15(7-10-13-2-3-14-10)11(17)8-4-9(16)6-12-5-8/h2-6,16H,7H2,1H3,(H,13,14). The highest BCUT2D eigenvalue weighted by atomic mass is 16.3. The lowest BCUT2D eigenvalue weighted by atomic mass is 10.2. The summed E-state index contributed by atoms with van der Waals surface area (Å²) in [5, 5.41) is 9.25. The maximum atomic E-state index is 12.0. The lowest BCUT2D eigenvalue weighted by molar-refractivity contribution is 0.0781. The molecule has 2 heterocycles. The number of H-pyrrole nitrogens is 1. The molecule has 6 nitrogen and oxygen atoms in total. The van der Waals surface area contributed by atoms with Gasteiger partial charge in [-0.2, -0.15) is 0 Å². The van der Waals surface area contributed by atoms with Crippen molar-refractivity contribution >= 4 is 5.91 Å². The van der Waals surface area contributed by atoms with Gasteiger partial charge in [0.25, 0.3) is 5.91 Å². The van der Waals surface area contributed by atoms with Crippen molar-refractivity contribution in [2.45, 2.75) is 6.54 Å². The van der Waals surface area contributed by atoms with Crippen LogP contribution in [0.25, 0.3) is 0 Å². The topological polar surface area (TPSA) is 82.1 Å². The van der Waals surface area contributed by atoms with Crippen LogP contribution in [-0.2, 0) is 6.54 Å². The number of carbonyl (C=O) groups excluding carboxylic acids is 1. The first-order valence-electron chi connectivity index (χ1n) is 5.04. The van der Waals surface area contributed by atoms with Crippen molar-refractivity contribution in [3.8, 4) is 5.75 Å². The van der Waals surface area contributed by atoms with Gasteiger partial charge in [0.05, 0.1) is 18.3 Å². The molecule has 2 aromatic rings. The van der Waals surface area contributed by atoms with Gasteiger partial charge >= 0.3 is 0 Å². The number of pyridine rings is 1.